The minimum atomic E-state index is -0.605. The van der Waals surface area contributed by atoms with Crippen molar-refractivity contribution < 1.29 is 14.1 Å². The van der Waals surface area contributed by atoms with Crippen LogP contribution in [0.4, 0.5) is 0 Å². The summed E-state index contributed by atoms with van der Waals surface area (Å²) in [6.45, 7) is 2.48. The third kappa shape index (κ3) is 5.82. The number of carbonyl (C=O) groups is 1. The highest BCUT2D eigenvalue weighted by Gasteiger charge is 2.43. The van der Waals surface area contributed by atoms with E-state index < -0.39 is 11.2 Å². The molecule has 2 aliphatic carbocycles. The van der Waals surface area contributed by atoms with E-state index in [9.17, 15) is 14.4 Å². The van der Waals surface area contributed by atoms with Crippen molar-refractivity contribution in [1.29, 1.82) is 0 Å². The molecule has 12 heteroatoms. The standard InChI is InChI=1S/C35H39N7O5/c1-2-6-29-28(19-22-9-11-23(12-10-22)26-7-3-4-8-27(26)30-39-34(45)47-40-30)31(43)41(33-37-21-38-42(29)33)24-13-15-25(16-14-24)46-20-35(32(36)44)17-5-18-35/h3-4,7-12,21,24-25H,2,5-6,13-20H2,1H3,(H2,36,44)(H,39,40,45). The quantitative estimate of drug-likeness (QED) is 0.212. The first kappa shape index (κ1) is 30.8. The normalized spacial score (nSPS) is 19.1. The summed E-state index contributed by atoms with van der Waals surface area (Å²) in [5.74, 6) is 0.0774. The predicted molar refractivity (Wildman–Crippen MR) is 175 cm³/mol. The zero-order valence-corrected chi connectivity index (χ0v) is 26.5. The van der Waals surface area contributed by atoms with Crippen molar-refractivity contribution >= 4 is 11.7 Å². The van der Waals surface area contributed by atoms with E-state index in [4.69, 9.17) is 15.0 Å². The number of aromatic nitrogens is 6. The molecule has 5 aromatic rings. The number of nitrogens with one attached hydrogen (secondary N) is 1. The van der Waals surface area contributed by atoms with Crippen LogP contribution in [0.2, 0.25) is 0 Å². The molecule has 3 N–H and O–H groups in total. The molecule has 2 fully saturated rings. The first-order valence-corrected chi connectivity index (χ1v) is 16.5. The highest BCUT2D eigenvalue weighted by molar-refractivity contribution is 5.82. The van der Waals surface area contributed by atoms with Crippen molar-refractivity contribution in [2.75, 3.05) is 6.61 Å². The van der Waals surface area contributed by atoms with Gasteiger partial charge in [0.25, 0.3) is 5.56 Å². The van der Waals surface area contributed by atoms with E-state index in [1.807, 2.05) is 57.6 Å². The van der Waals surface area contributed by atoms with Crippen molar-refractivity contribution in [3.05, 3.63) is 92.6 Å². The third-order valence-corrected chi connectivity index (χ3v) is 10.0. The second kappa shape index (κ2) is 12.7. The fraction of sp³-hybridized carbons (Fsp3) is 0.429. The number of ether oxygens (including phenoxy) is 1. The summed E-state index contributed by atoms with van der Waals surface area (Å²) in [4.78, 5) is 45.2. The van der Waals surface area contributed by atoms with Crippen LogP contribution in [-0.2, 0) is 22.4 Å². The number of rotatable bonds is 11. The Kier molecular flexibility index (Phi) is 8.35. The Bertz CT molecular complexity index is 2010. The molecular formula is C35H39N7O5. The number of aryl methyl sites for hydroxylation is 1. The van der Waals surface area contributed by atoms with Crippen LogP contribution in [0.15, 0.2) is 69.0 Å². The minimum absolute atomic E-state index is 0.0233. The number of hydrogen-bond donors (Lipinski definition) is 2. The number of carbonyl (C=O) groups excluding carboxylic acids is 1. The van der Waals surface area contributed by atoms with E-state index in [2.05, 4.69) is 27.1 Å². The maximum absolute atomic E-state index is 14.4. The largest absolute Gasteiger partial charge is 0.439 e. The van der Waals surface area contributed by atoms with Gasteiger partial charge in [-0.15, -0.1) is 0 Å². The molecule has 0 spiro atoms. The Morgan fingerprint density at radius 1 is 1.06 bits per heavy atom. The molecule has 0 bridgehead atoms. The van der Waals surface area contributed by atoms with Crippen LogP contribution in [0.1, 0.15) is 81.2 Å². The molecule has 0 saturated heterocycles. The van der Waals surface area contributed by atoms with Crippen molar-refractivity contribution in [3.63, 3.8) is 0 Å². The lowest BCUT2D eigenvalue weighted by Gasteiger charge is -2.40. The maximum atomic E-state index is 14.4. The Morgan fingerprint density at radius 2 is 1.81 bits per heavy atom. The third-order valence-electron chi connectivity index (χ3n) is 10.0. The number of aromatic amines is 1. The second-order valence-corrected chi connectivity index (χ2v) is 12.9. The van der Waals surface area contributed by atoms with E-state index in [0.29, 0.717) is 31.1 Å². The summed E-state index contributed by atoms with van der Waals surface area (Å²) in [7, 11) is 0. The second-order valence-electron chi connectivity index (χ2n) is 12.9. The molecule has 1 amide bonds. The van der Waals surface area contributed by atoms with Crippen LogP contribution in [0.25, 0.3) is 28.3 Å². The zero-order chi connectivity index (χ0) is 32.5. The fourth-order valence-corrected chi connectivity index (χ4v) is 7.18. The van der Waals surface area contributed by atoms with Gasteiger partial charge in [-0.3, -0.25) is 23.7 Å². The average Bonchev–Trinajstić information content (AvgIpc) is 3.72. The number of hydrogen-bond acceptors (Lipinski definition) is 8. The molecule has 0 aliphatic heterocycles. The summed E-state index contributed by atoms with van der Waals surface area (Å²) < 4.78 is 14.6. The van der Waals surface area contributed by atoms with Gasteiger partial charge in [0, 0.05) is 23.6 Å². The smallest absolute Gasteiger partial charge is 0.377 e. The van der Waals surface area contributed by atoms with Crippen LogP contribution >= 0.6 is 0 Å². The summed E-state index contributed by atoms with van der Waals surface area (Å²) in [5, 5.41) is 8.44. The highest BCUT2D eigenvalue weighted by atomic mass is 16.5. The molecule has 7 rings (SSSR count). The van der Waals surface area contributed by atoms with Crippen molar-refractivity contribution in [2.24, 2.45) is 11.1 Å². The van der Waals surface area contributed by atoms with Crippen LogP contribution < -0.4 is 17.0 Å². The monoisotopic (exact) mass is 637 g/mol. The summed E-state index contributed by atoms with van der Waals surface area (Å²) in [6.07, 6.45) is 9.33. The molecule has 0 radical (unpaired) electrons. The molecule has 2 aromatic carbocycles. The van der Waals surface area contributed by atoms with E-state index in [1.165, 1.54) is 6.33 Å². The van der Waals surface area contributed by atoms with Gasteiger partial charge in [0.15, 0.2) is 5.82 Å². The number of nitrogens with two attached hydrogens (primary N) is 1. The van der Waals surface area contributed by atoms with Gasteiger partial charge in [0.2, 0.25) is 11.7 Å². The van der Waals surface area contributed by atoms with E-state index in [1.54, 1.807) is 0 Å². The molecule has 2 saturated carbocycles. The van der Waals surface area contributed by atoms with Crippen LogP contribution in [0.5, 0.6) is 0 Å². The minimum Gasteiger partial charge on any atom is -0.377 e. The summed E-state index contributed by atoms with van der Waals surface area (Å²) in [5.41, 5.74) is 10.4. The molecule has 244 valence electrons. The molecular weight excluding hydrogens is 598 g/mol. The first-order valence-electron chi connectivity index (χ1n) is 16.5. The molecule has 3 heterocycles. The predicted octanol–water partition coefficient (Wildman–Crippen LogP) is 4.60. The number of primary amides is 1. The fourth-order valence-electron chi connectivity index (χ4n) is 7.18. The Balaban J connectivity index is 1.15. The van der Waals surface area contributed by atoms with Crippen molar-refractivity contribution in [3.8, 4) is 22.5 Å². The van der Waals surface area contributed by atoms with Gasteiger partial charge in [0.05, 0.1) is 23.8 Å². The van der Waals surface area contributed by atoms with Crippen LogP contribution in [0, 0.1) is 5.41 Å². The maximum Gasteiger partial charge on any atom is 0.439 e. The number of fused-ring (bicyclic) bond motifs is 1. The van der Waals surface area contributed by atoms with Gasteiger partial charge in [-0.2, -0.15) is 10.1 Å². The van der Waals surface area contributed by atoms with Crippen LogP contribution in [0.3, 0.4) is 0 Å². The van der Waals surface area contributed by atoms with Gasteiger partial charge >= 0.3 is 5.76 Å². The number of nitrogens with zero attached hydrogens (tertiary/aromatic N) is 5. The first-order chi connectivity index (χ1) is 22.9. The van der Waals surface area contributed by atoms with E-state index >= 15 is 0 Å². The highest BCUT2D eigenvalue weighted by Crippen LogP contribution is 2.42. The molecule has 3 aromatic heterocycles. The van der Waals surface area contributed by atoms with Gasteiger partial charge in [-0.1, -0.05) is 73.5 Å². The van der Waals surface area contributed by atoms with Crippen LogP contribution in [-0.4, -0.2) is 47.9 Å². The van der Waals surface area contributed by atoms with Gasteiger partial charge in [-0.05, 0) is 61.6 Å². The Morgan fingerprint density at radius 3 is 2.45 bits per heavy atom. The zero-order valence-electron chi connectivity index (χ0n) is 26.5. The summed E-state index contributed by atoms with van der Waals surface area (Å²) >= 11 is 0. The van der Waals surface area contributed by atoms with Crippen molar-refractivity contribution in [2.45, 2.75) is 83.3 Å². The van der Waals surface area contributed by atoms with Gasteiger partial charge in [0.1, 0.15) is 6.33 Å². The number of benzene rings is 2. The summed E-state index contributed by atoms with van der Waals surface area (Å²) in [6, 6.07) is 15.7. The number of H-pyrrole nitrogens is 1. The SMILES string of the molecule is CCCc1c(Cc2ccc(-c3ccccc3-c3noc(=O)[nH]3)cc2)c(=O)n(C2CCC(OCC3(C(N)=O)CCC3)CC2)c2ncnn12. The average molecular weight is 638 g/mol. The molecule has 0 unspecified atom stereocenters. The van der Waals surface area contributed by atoms with Gasteiger partial charge in [-0.25, -0.2) is 9.31 Å². The number of amides is 1. The lowest BCUT2D eigenvalue weighted by molar-refractivity contribution is -0.141. The molecule has 0 atom stereocenters. The Hall–Kier alpha value is -4.84. The van der Waals surface area contributed by atoms with Crippen molar-refractivity contribution in [1.82, 2.24) is 29.3 Å². The lowest BCUT2D eigenvalue weighted by Crippen LogP contribution is -2.47. The molecule has 2 aliphatic rings. The van der Waals surface area contributed by atoms with E-state index in [0.717, 1.165) is 84.9 Å². The molecule has 47 heavy (non-hydrogen) atoms. The van der Waals surface area contributed by atoms with Gasteiger partial charge < -0.3 is 10.5 Å². The molecule has 12 nitrogen and oxygen atoms in total. The van der Waals surface area contributed by atoms with E-state index in [-0.39, 0.29) is 23.6 Å². The topological polar surface area (TPSA) is 163 Å². The lowest BCUT2D eigenvalue weighted by atomic mass is 9.69. The Labute approximate surface area is 271 Å².